The molecule has 0 fully saturated rings. The van der Waals surface area contributed by atoms with Crippen LogP contribution in [-0.2, 0) is 31.5 Å². The van der Waals surface area contributed by atoms with Gasteiger partial charge in [-0.25, -0.2) is 4.79 Å². The van der Waals surface area contributed by atoms with Crippen molar-refractivity contribution in [3.8, 4) is 0 Å². The molecule has 0 rings (SSSR count). The Hall–Kier alpha value is -0.426. The van der Waals surface area contributed by atoms with Crippen LogP contribution in [0.5, 0.6) is 0 Å². The Balaban J connectivity index is 0. The number of hydrogen-bond donors (Lipinski definition) is 3. The molecule has 0 aliphatic carbocycles. The first-order chi connectivity index (χ1) is 4.00. The van der Waals surface area contributed by atoms with E-state index in [0.717, 1.165) is 0 Å². The second-order valence-electron chi connectivity index (χ2n) is 0.739. The number of carbonyl (C=O) groups is 2. The molecule has 0 radical (unpaired) electrons. The Morgan fingerprint density at radius 1 is 1.44 bits per heavy atom. The maximum absolute atomic E-state index is 9.00. The van der Waals surface area contributed by atoms with Crippen LogP contribution in [0, 0.1) is 0 Å². The van der Waals surface area contributed by atoms with E-state index in [1.165, 1.54) is 0 Å². The fourth-order valence-corrected chi connectivity index (χ4v) is 0. The first-order valence-corrected chi connectivity index (χ1v) is 3.64. The van der Waals surface area contributed by atoms with Gasteiger partial charge in [-0.05, 0) is 0 Å². The van der Waals surface area contributed by atoms with Crippen molar-refractivity contribution in [2.75, 3.05) is 0 Å². The molecule has 0 amide bonds. The van der Waals surface area contributed by atoms with E-state index in [4.69, 9.17) is 25.4 Å². The van der Waals surface area contributed by atoms with Gasteiger partial charge in [-0.3, -0.25) is 4.79 Å². The Labute approximate surface area is 56.8 Å². The maximum atomic E-state index is 9.00. The van der Waals surface area contributed by atoms with E-state index < -0.39 is 24.6 Å². The third-order valence-electron chi connectivity index (χ3n) is 0.101. The molecule has 0 aromatic heterocycles. The van der Waals surface area contributed by atoms with Crippen LogP contribution in [0.15, 0.2) is 0 Å². The third kappa shape index (κ3) is 95.0. The van der Waals surface area contributed by atoms with E-state index in [2.05, 4.69) is 0 Å². The summed E-state index contributed by atoms with van der Waals surface area (Å²) < 4.78 is 23.2. The molecule has 6 nitrogen and oxygen atoms in total. The average molecular weight is 172 g/mol. The summed E-state index contributed by atoms with van der Waals surface area (Å²) in [5, 5.41) is 7.35. The van der Waals surface area contributed by atoms with Gasteiger partial charge in [0, 0.05) is 0 Å². The van der Waals surface area contributed by atoms with Crippen LogP contribution in [0.25, 0.3) is 0 Å². The van der Waals surface area contributed by atoms with Crippen molar-refractivity contribution in [2.45, 2.75) is 0 Å². The second-order valence-corrected chi connectivity index (χ2v) is 1.62. The van der Waals surface area contributed by atoms with Crippen molar-refractivity contribution in [2.24, 2.45) is 0 Å². The molecule has 0 aromatic rings. The van der Waals surface area contributed by atoms with Crippen molar-refractivity contribution >= 4 is 12.3 Å². The number of hydrogen-bond acceptors (Lipinski definition) is 3. The van der Waals surface area contributed by atoms with Crippen LogP contribution in [0.4, 0.5) is 0 Å². The van der Waals surface area contributed by atoms with Crippen molar-refractivity contribution < 1.29 is 44.0 Å². The summed E-state index contributed by atoms with van der Waals surface area (Å²) in [6, 6.07) is 0. The summed E-state index contributed by atoms with van der Waals surface area (Å²) >= 11 is -3.58. The number of carbonyl (C=O) groups excluding carboxylic acids is 1. The van der Waals surface area contributed by atoms with Gasteiger partial charge >= 0.3 is 35.3 Å². The zero-order valence-electron chi connectivity index (χ0n) is 4.14. The molecule has 3 N–H and O–H groups in total. The van der Waals surface area contributed by atoms with E-state index in [0.29, 0.717) is 0 Å². The van der Waals surface area contributed by atoms with Gasteiger partial charge in [0.1, 0.15) is 0 Å². The van der Waals surface area contributed by atoms with Crippen LogP contribution in [0.1, 0.15) is 0 Å². The van der Waals surface area contributed by atoms with Crippen LogP contribution in [0.3, 0.4) is 0 Å². The first kappa shape index (κ1) is 11.4. The summed E-state index contributed by atoms with van der Waals surface area (Å²) in [7, 11) is 0. The summed E-state index contributed by atoms with van der Waals surface area (Å²) in [6.07, 6.45) is -0.167. The van der Waals surface area contributed by atoms with Gasteiger partial charge < -0.3 is 5.11 Å². The Bertz CT molecular complexity index is 114. The van der Waals surface area contributed by atoms with Crippen molar-refractivity contribution in [3.63, 3.8) is 0 Å². The Morgan fingerprint density at radius 2 is 1.56 bits per heavy atom. The van der Waals surface area contributed by atoms with Gasteiger partial charge in [0.25, 0.3) is 0 Å². The van der Waals surface area contributed by atoms with Gasteiger partial charge in [-0.2, -0.15) is 0 Å². The van der Waals surface area contributed by atoms with E-state index in [1.807, 2.05) is 0 Å². The number of aldehydes is 1. The standard InChI is InChI=1S/C2H2O3.2H2O.O.Ti/c3-1-2(4)5;;;;/h1H,(H,4,5);2*1H2;;/q;;;;+2/p-2. The van der Waals surface area contributed by atoms with Gasteiger partial charge in [0.2, 0.25) is 6.29 Å². The fraction of sp³-hybridized carbons (Fsp3) is 0. The summed E-state index contributed by atoms with van der Waals surface area (Å²) in [5.41, 5.74) is 0. The number of rotatable bonds is 1. The summed E-state index contributed by atoms with van der Waals surface area (Å²) in [6.45, 7) is 0. The van der Waals surface area contributed by atoms with E-state index in [-0.39, 0.29) is 6.29 Å². The topological polar surface area (TPSA) is 112 Å². The Kier molecular flexibility index (Phi) is 9.58. The molecule has 0 bridgehead atoms. The van der Waals surface area contributed by atoms with E-state index in [1.54, 1.807) is 0 Å². The molecule has 0 spiro atoms. The minimum absolute atomic E-state index is 0.167. The molecule has 0 aliphatic rings. The molecular formula is C2H4O6Ti. The zero-order valence-corrected chi connectivity index (χ0v) is 5.71. The predicted octanol–water partition coefficient (Wildman–Crippen LogP) is -1.97. The van der Waals surface area contributed by atoms with Crippen molar-refractivity contribution in [1.29, 1.82) is 0 Å². The molecular weight excluding hydrogens is 168 g/mol. The molecule has 9 heavy (non-hydrogen) atoms. The normalized spacial score (nSPS) is 6.44. The van der Waals surface area contributed by atoms with Gasteiger partial charge in [0.05, 0.1) is 0 Å². The number of aliphatic carboxylic acids is 1. The monoisotopic (exact) mass is 172 g/mol. The van der Waals surface area contributed by atoms with Crippen LogP contribution >= 0.6 is 0 Å². The molecule has 0 heterocycles. The van der Waals surface area contributed by atoms with Crippen molar-refractivity contribution in [3.05, 3.63) is 0 Å². The fourth-order valence-electron chi connectivity index (χ4n) is 0. The van der Waals surface area contributed by atoms with Crippen LogP contribution < -0.4 is 0 Å². The summed E-state index contributed by atoms with van der Waals surface area (Å²) in [4.78, 5) is 17.9. The van der Waals surface area contributed by atoms with E-state index >= 15 is 0 Å². The summed E-state index contributed by atoms with van der Waals surface area (Å²) in [5.74, 6) is -1.43. The molecule has 0 atom stereocenters. The average Bonchev–Trinajstić information content (AvgIpc) is 1.65. The predicted molar refractivity (Wildman–Crippen MR) is 18.8 cm³/mol. The number of carboxylic acids is 1. The molecule has 0 unspecified atom stereocenters. The zero-order chi connectivity index (χ0) is 7.86. The van der Waals surface area contributed by atoms with Crippen LogP contribution in [0.2, 0.25) is 0 Å². The van der Waals surface area contributed by atoms with Gasteiger partial charge in [-0.1, -0.05) is 0 Å². The number of carboxylic acid groups (broad SMARTS) is 1. The first-order valence-electron chi connectivity index (χ1n) is 1.60. The van der Waals surface area contributed by atoms with Crippen LogP contribution in [-0.4, -0.2) is 24.7 Å². The van der Waals surface area contributed by atoms with Crippen molar-refractivity contribution in [1.82, 2.24) is 0 Å². The SMILES string of the molecule is O=CC(=O)O.[O]=[Ti]([OH])[OH]. The molecule has 52 valence electrons. The molecule has 0 aliphatic heterocycles. The quantitative estimate of drug-likeness (QED) is 0.240. The molecule has 0 aromatic carbocycles. The molecule has 0 saturated carbocycles. The second kappa shape index (κ2) is 7.57. The molecule has 0 saturated heterocycles. The van der Waals surface area contributed by atoms with E-state index in [9.17, 15) is 0 Å². The van der Waals surface area contributed by atoms with Gasteiger partial charge in [0.15, 0.2) is 0 Å². The van der Waals surface area contributed by atoms with Gasteiger partial charge in [-0.15, -0.1) is 0 Å². The Morgan fingerprint density at radius 3 is 1.56 bits per heavy atom. The molecule has 7 heteroatoms. The third-order valence-corrected chi connectivity index (χ3v) is 0.101. The minimum atomic E-state index is -3.58.